The van der Waals surface area contributed by atoms with E-state index < -0.39 is 36.1 Å². The van der Waals surface area contributed by atoms with Crippen molar-refractivity contribution < 1.29 is 28.6 Å². The quantitative estimate of drug-likeness (QED) is 0.229. The van der Waals surface area contributed by atoms with E-state index in [-0.39, 0.29) is 13.2 Å². The van der Waals surface area contributed by atoms with Crippen LogP contribution in [-0.4, -0.2) is 30.2 Å². The molecule has 3 atom stereocenters. The molecule has 7 heteroatoms. The Morgan fingerprint density at radius 1 is 0.667 bits per heavy atom. The molecule has 0 aliphatic rings. The van der Waals surface area contributed by atoms with Gasteiger partial charge in [-0.25, -0.2) is 9.59 Å². The SMILES string of the molecule is CC(C)Cc1ccc(C(C)C(=O)OC(C)[C@H](NC(=O)OCc2ccccc2)C(=O)OCc2ccccc2)cc1. The lowest BCUT2D eigenvalue weighted by Crippen LogP contribution is -2.50. The summed E-state index contributed by atoms with van der Waals surface area (Å²) in [5.74, 6) is -1.28. The summed E-state index contributed by atoms with van der Waals surface area (Å²) in [4.78, 5) is 38.6. The highest BCUT2D eigenvalue weighted by atomic mass is 16.6. The number of hydrogen-bond donors (Lipinski definition) is 1. The normalized spacial score (nSPS) is 13.2. The van der Waals surface area contributed by atoms with Crippen LogP contribution < -0.4 is 5.32 Å². The minimum absolute atomic E-state index is 0.0106. The fourth-order valence-corrected chi connectivity index (χ4v) is 3.98. The third-order valence-corrected chi connectivity index (χ3v) is 6.21. The Kier molecular flexibility index (Phi) is 11.1. The third-order valence-electron chi connectivity index (χ3n) is 6.21. The largest absolute Gasteiger partial charge is 0.459 e. The van der Waals surface area contributed by atoms with E-state index in [9.17, 15) is 14.4 Å². The second kappa shape index (κ2) is 14.7. The molecule has 2 unspecified atom stereocenters. The lowest BCUT2D eigenvalue weighted by Gasteiger charge is -2.25. The molecule has 1 N–H and O–H groups in total. The number of ether oxygens (including phenoxy) is 3. The molecule has 0 heterocycles. The van der Waals surface area contributed by atoms with Gasteiger partial charge >= 0.3 is 18.0 Å². The van der Waals surface area contributed by atoms with Crippen molar-refractivity contribution >= 4 is 18.0 Å². The highest BCUT2D eigenvalue weighted by molar-refractivity contribution is 5.83. The molecule has 3 aromatic carbocycles. The summed E-state index contributed by atoms with van der Waals surface area (Å²) >= 11 is 0. The monoisotopic (exact) mass is 531 g/mol. The summed E-state index contributed by atoms with van der Waals surface area (Å²) in [5, 5.41) is 2.52. The predicted molar refractivity (Wildman–Crippen MR) is 149 cm³/mol. The number of esters is 2. The van der Waals surface area contributed by atoms with Gasteiger partial charge in [-0.05, 0) is 48.4 Å². The highest BCUT2D eigenvalue weighted by Gasteiger charge is 2.33. The maximum Gasteiger partial charge on any atom is 0.408 e. The average molecular weight is 532 g/mol. The molecule has 206 valence electrons. The zero-order chi connectivity index (χ0) is 28.2. The predicted octanol–water partition coefficient (Wildman–Crippen LogP) is 5.96. The molecule has 0 aromatic heterocycles. The van der Waals surface area contributed by atoms with Crippen molar-refractivity contribution in [2.75, 3.05) is 0 Å². The van der Waals surface area contributed by atoms with Gasteiger partial charge in [-0.3, -0.25) is 4.79 Å². The van der Waals surface area contributed by atoms with Gasteiger partial charge in [0.05, 0.1) is 5.92 Å². The summed E-state index contributed by atoms with van der Waals surface area (Å²) in [6.07, 6.45) is -0.875. The Hall–Kier alpha value is -4.13. The molecule has 0 aliphatic heterocycles. The number of carbonyl (C=O) groups excluding carboxylic acids is 3. The van der Waals surface area contributed by atoms with Gasteiger partial charge in [-0.2, -0.15) is 0 Å². The van der Waals surface area contributed by atoms with Crippen molar-refractivity contribution in [2.45, 2.75) is 65.4 Å². The lowest BCUT2D eigenvalue weighted by atomic mass is 9.97. The summed E-state index contributed by atoms with van der Waals surface area (Å²) < 4.78 is 16.4. The summed E-state index contributed by atoms with van der Waals surface area (Å²) in [5.41, 5.74) is 3.58. The van der Waals surface area contributed by atoms with Crippen LogP contribution in [0.1, 0.15) is 55.9 Å². The fourth-order valence-electron chi connectivity index (χ4n) is 3.98. The molecule has 0 spiro atoms. The molecule has 1 amide bonds. The Balaban J connectivity index is 1.65. The van der Waals surface area contributed by atoms with E-state index in [4.69, 9.17) is 14.2 Å². The fraction of sp³-hybridized carbons (Fsp3) is 0.344. The van der Waals surface area contributed by atoms with Crippen LogP contribution in [0.25, 0.3) is 0 Å². The van der Waals surface area contributed by atoms with E-state index in [0.717, 1.165) is 23.1 Å². The molecule has 0 saturated heterocycles. The van der Waals surface area contributed by atoms with Crippen LogP contribution in [0.15, 0.2) is 84.9 Å². The maximum absolute atomic E-state index is 13.0. The topological polar surface area (TPSA) is 90.9 Å². The Bertz CT molecular complexity index is 1190. The number of amides is 1. The van der Waals surface area contributed by atoms with E-state index in [0.29, 0.717) is 5.92 Å². The maximum atomic E-state index is 13.0. The van der Waals surface area contributed by atoms with Crippen molar-refractivity contribution in [2.24, 2.45) is 5.92 Å². The number of nitrogens with one attached hydrogen (secondary N) is 1. The Labute approximate surface area is 230 Å². The third kappa shape index (κ3) is 9.60. The molecular formula is C32H37NO6. The van der Waals surface area contributed by atoms with E-state index in [1.165, 1.54) is 5.56 Å². The van der Waals surface area contributed by atoms with Crippen LogP contribution in [0.3, 0.4) is 0 Å². The second-order valence-electron chi connectivity index (χ2n) is 9.98. The van der Waals surface area contributed by atoms with Crippen molar-refractivity contribution in [3.05, 3.63) is 107 Å². The first-order valence-electron chi connectivity index (χ1n) is 13.2. The van der Waals surface area contributed by atoms with Gasteiger partial charge in [0.2, 0.25) is 0 Å². The number of benzene rings is 3. The van der Waals surface area contributed by atoms with Gasteiger partial charge in [0.25, 0.3) is 0 Å². The van der Waals surface area contributed by atoms with Crippen molar-refractivity contribution in [3.8, 4) is 0 Å². The molecule has 3 rings (SSSR count). The molecule has 0 bridgehead atoms. The molecule has 0 saturated carbocycles. The van der Waals surface area contributed by atoms with Crippen LogP contribution in [0, 0.1) is 5.92 Å². The van der Waals surface area contributed by atoms with Crippen molar-refractivity contribution in [1.29, 1.82) is 0 Å². The van der Waals surface area contributed by atoms with Crippen molar-refractivity contribution in [3.63, 3.8) is 0 Å². The number of carbonyl (C=O) groups is 3. The highest BCUT2D eigenvalue weighted by Crippen LogP contribution is 2.20. The zero-order valence-corrected chi connectivity index (χ0v) is 23.0. The first-order chi connectivity index (χ1) is 18.7. The van der Waals surface area contributed by atoms with Gasteiger partial charge in [0.15, 0.2) is 6.04 Å². The molecule has 3 aromatic rings. The average Bonchev–Trinajstić information content (AvgIpc) is 2.94. The zero-order valence-electron chi connectivity index (χ0n) is 23.0. The van der Waals surface area contributed by atoms with Gasteiger partial charge in [-0.1, -0.05) is 98.8 Å². The van der Waals surface area contributed by atoms with Crippen LogP contribution in [0.2, 0.25) is 0 Å². The molecule has 0 radical (unpaired) electrons. The number of alkyl carbamates (subject to hydrolysis) is 1. The van der Waals surface area contributed by atoms with Crippen LogP contribution in [-0.2, 0) is 43.4 Å². The standard InChI is InChI=1S/C32H37NO6/c1-22(2)19-25-15-17-28(18-16-25)23(3)30(34)39-24(4)29(31(35)37-20-26-11-7-5-8-12-26)33-32(36)38-21-27-13-9-6-10-14-27/h5-18,22-24,29H,19-21H2,1-4H3,(H,33,36)/t23?,24?,29-/m0/s1. The van der Waals surface area contributed by atoms with Crippen LogP contribution in [0.5, 0.6) is 0 Å². The second-order valence-corrected chi connectivity index (χ2v) is 9.98. The Morgan fingerprint density at radius 3 is 1.74 bits per heavy atom. The molecule has 0 fully saturated rings. The van der Waals surface area contributed by atoms with E-state index in [2.05, 4.69) is 19.2 Å². The van der Waals surface area contributed by atoms with E-state index >= 15 is 0 Å². The summed E-state index contributed by atoms with van der Waals surface area (Å²) in [7, 11) is 0. The molecular weight excluding hydrogens is 494 g/mol. The minimum atomic E-state index is -1.26. The van der Waals surface area contributed by atoms with Crippen LogP contribution in [0.4, 0.5) is 4.79 Å². The van der Waals surface area contributed by atoms with E-state index in [1.807, 2.05) is 84.9 Å². The van der Waals surface area contributed by atoms with Gasteiger partial charge in [0.1, 0.15) is 19.3 Å². The minimum Gasteiger partial charge on any atom is -0.459 e. The van der Waals surface area contributed by atoms with Gasteiger partial charge < -0.3 is 19.5 Å². The molecule has 0 aliphatic carbocycles. The molecule has 39 heavy (non-hydrogen) atoms. The van der Waals surface area contributed by atoms with Gasteiger partial charge in [0, 0.05) is 0 Å². The van der Waals surface area contributed by atoms with Crippen molar-refractivity contribution in [1.82, 2.24) is 5.32 Å². The number of rotatable bonds is 12. The first-order valence-corrected chi connectivity index (χ1v) is 13.2. The Morgan fingerprint density at radius 2 is 1.21 bits per heavy atom. The summed E-state index contributed by atoms with van der Waals surface area (Å²) in [6.45, 7) is 7.64. The smallest absolute Gasteiger partial charge is 0.408 e. The van der Waals surface area contributed by atoms with Crippen LogP contribution >= 0.6 is 0 Å². The summed E-state index contributed by atoms with van der Waals surface area (Å²) in [6, 6.07) is 24.9. The molecule has 7 nitrogen and oxygen atoms in total. The lowest BCUT2D eigenvalue weighted by molar-refractivity contribution is -0.159. The first kappa shape index (κ1) is 29.4. The number of hydrogen-bond acceptors (Lipinski definition) is 6. The van der Waals surface area contributed by atoms with Gasteiger partial charge in [-0.15, -0.1) is 0 Å². The van der Waals surface area contributed by atoms with E-state index in [1.54, 1.807) is 13.8 Å².